The van der Waals surface area contributed by atoms with E-state index in [9.17, 15) is 20.1 Å². The fourth-order valence-corrected chi connectivity index (χ4v) is 2.68. The van der Waals surface area contributed by atoms with Gasteiger partial charge in [0.2, 0.25) is 5.91 Å². The molecule has 1 N–H and O–H groups in total. The van der Waals surface area contributed by atoms with Gasteiger partial charge in [0.15, 0.2) is 11.9 Å². The lowest BCUT2D eigenvalue weighted by Crippen LogP contribution is -2.28. The number of nitrogens with one attached hydrogen (secondary N) is 1. The van der Waals surface area contributed by atoms with Crippen LogP contribution in [0.1, 0.15) is 5.56 Å². The zero-order valence-corrected chi connectivity index (χ0v) is 13.8. The minimum atomic E-state index is -0.546. The molecule has 0 fully saturated rings. The molecule has 0 saturated carbocycles. The molecule has 1 amide bonds. The first kappa shape index (κ1) is 17.5. The van der Waals surface area contributed by atoms with Gasteiger partial charge in [0.1, 0.15) is 0 Å². The number of carbonyl (C=O) groups is 1. The second kappa shape index (κ2) is 7.64. The van der Waals surface area contributed by atoms with E-state index in [1.165, 1.54) is 25.4 Å². The standard InChI is InChI=1S/C15H15N3O5S/c1-10-7-12(18(21)22)13(23-2)8-11(10)16-14(19)9-24-15-5-3-4-6-17(15)20/h3-8H,9H2,1-2H3,(H,16,19). The molecule has 0 aliphatic rings. The molecule has 0 radical (unpaired) electrons. The summed E-state index contributed by atoms with van der Waals surface area (Å²) < 4.78 is 5.66. The predicted octanol–water partition coefficient (Wildman–Crippen LogP) is 2.28. The van der Waals surface area contributed by atoms with E-state index >= 15 is 0 Å². The minimum Gasteiger partial charge on any atom is -0.618 e. The van der Waals surface area contributed by atoms with Crippen molar-refractivity contribution in [3.8, 4) is 5.75 Å². The van der Waals surface area contributed by atoms with Crippen molar-refractivity contribution in [3.63, 3.8) is 0 Å². The van der Waals surface area contributed by atoms with Crippen molar-refractivity contribution in [2.45, 2.75) is 11.9 Å². The van der Waals surface area contributed by atoms with Crippen LogP contribution in [-0.4, -0.2) is 23.7 Å². The van der Waals surface area contributed by atoms with Crippen LogP contribution in [0.15, 0.2) is 41.6 Å². The van der Waals surface area contributed by atoms with Crippen LogP contribution in [0.3, 0.4) is 0 Å². The molecule has 1 aromatic carbocycles. The first-order valence-electron chi connectivity index (χ1n) is 6.86. The number of nitro groups is 1. The van der Waals surface area contributed by atoms with Gasteiger partial charge in [0.25, 0.3) is 5.03 Å². The Morgan fingerprint density at radius 2 is 2.17 bits per heavy atom. The average molecular weight is 349 g/mol. The molecule has 0 bridgehead atoms. The number of anilines is 1. The highest BCUT2D eigenvalue weighted by atomic mass is 32.2. The number of hydrogen-bond acceptors (Lipinski definition) is 6. The molecule has 2 aromatic rings. The van der Waals surface area contributed by atoms with Gasteiger partial charge < -0.3 is 15.3 Å². The third-order valence-electron chi connectivity index (χ3n) is 3.14. The van der Waals surface area contributed by atoms with E-state index in [0.717, 1.165) is 11.8 Å². The first-order valence-corrected chi connectivity index (χ1v) is 7.84. The van der Waals surface area contributed by atoms with E-state index in [1.54, 1.807) is 25.1 Å². The van der Waals surface area contributed by atoms with Gasteiger partial charge in [-0.2, -0.15) is 4.73 Å². The topological polar surface area (TPSA) is 108 Å². The van der Waals surface area contributed by atoms with Crippen molar-refractivity contribution < 1.29 is 19.2 Å². The Morgan fingerprint density at radius 1 is 1.42 bits per heavy atom. The molecule has 0 saturated heterocycles. The van der Waals surface area contributed by atoms with Gasteiger partial charge in [-0.25, -0.2) is 0 Å². The molecule has 1 heterocycles. The van der Waals surface area contributed by atoms with Gasteiger partial charge in [-0.3, -0.25) is 14.9 Å². The molecule has 2 rings (SSSR count). The number of amides is 1. The van der Waals surface area contributed by atoms with Crippen LogP contribution in [0.4, 0.5) is 11.4 Å². The monoisotopic (exact) mass is 349 g/mol. The number of methoxy groups -OCH3 is 1. The van der Waals surface area contributed by atoms with Gasteiger partial charge in [-0.1, -0.05) is 0 Å². The van der Waals surface area contributed by atoms with Gasteiger partial charge >= 0.3 is 5.69 Å². The number of hydrogen-bond donors (Lipinski definition) is 1. The molecule has 9 heteroatoms. The molecule has 0 aliphatic heterocycles. The molecular weight excluding hydrogens is 334 g/mol. The molecule has 24 heavy (non-hydrogen) atoms. The summed E-state index contributed by atoms with van der Waals surface area (Å²) in [5.41, 5.74) is 0.796. The van der Waals surface area contributed by atoms with Crippen molar-refractivity contribution in [3.05, 3.63) is 57.4 Å². The van der Waals surface area contributed by atoms with Crippen molar-refractivity contribution in [2.75, 3.05) is 18.2 Å². The molecule has 0 aliphatic carbocycles. The third kappa shape index (κ3) is 4.13. The highest BCUT2D eigenvalue weighted by Crippen LogP contribution is 2.32. The van der Waals surface area contributed by atoms with Crippen molar-refractivity contribution in [1.82, 2.24) is 0 Å². The van der Waals surface area contributed by atoms with E-state index in [0.29, 0.717) is 21.0 Å². The van der Waals surface area contributed by atoms with Gasteiger partial charge in [-0.15, -0.1) is 0 Å². The number of rotatable bonds is 6. The molecule has 0 atom stereocenters. The first-order chi connectivity index (χ1) is 11.4. The second-order valence-electron chi connectivity index (χ2n) is 4.80. The highest BCUT2D eigenvalue weighted by Gasteiger charge is 2.18. The lowest BCUT2D eigenvalue weighted by molar-refractivity contribution is -0.645. The smallest absolute Gasteiger partial charge is 0.311 e. The van der Waals surface area contributed by atoms with Crippen LogP contribution in [-0.2, 0) is 4.79 Å². The fraction of sp³-hybridized carbons (Fsp3) is 0.200. The summed E-state index contributed by atoms with van der Waals surface area (Å²) in [4.78, 5) is 22.5. The van der Waals surface area contributed by atoms with Crippen LogP contribution < -0.4 is 14.8 Å². The van der Waals surface area contributed by atoms with Crippen molar-refractivity contribution in [2.24, 2.45) is 0 Å². The van der Waals surface area contributed by atoms with E-state index in [2.05, 4.69) is 5.32 Å². The lowest BCUT2D eigenvalue weighted by atomic mass is 10.1. The number of carbonyl (C=O) groups excluding carboxylic acids is 1. The van der Waals surface area contributed by atoms with Gasteiger partial charge in [0.05, 0.1) is 17.8 Å². The molecule has 0 unspecified atom stereocenters. The summed E-state index contributed by atoms with van der Waals surface area (Å²) in [6.45, 7) is 1.65. The number of nitrogens with zero attached hydrogens (tertiary/aromatic N) is 2. The van der Waals surface area contributed by atoms with Crippen molar-refractivity contribution in [1.29, 1.82) is 0 Å². The largest absolute Gasteiger partial charge is 0.618 e. The molecule has 1 aromatic heterocycles. The summed E-state index contributed by atoms with van der Waals surface area (Å²) in [6.07, 6.45) is 1.35. The Labute approximate surface area is 142 Å². The van der Waals surface area contributed by atoms with Gasteiger partial charge in [-0.05, 0) is 30.3 Å². The third-order valence-corrected chi connectivity index (χ3v) is 4.15. The number of aromatic nitrogens is 1. The van der Waals surface area contributed by atoms with Gasteiger partial charge in [0, 0.05) is 30.0 Å². The second-order valence-corrected chi connectivity index (χ2v) is 5.79. The molecule has 8 nitrogen and oxygen atoms in total. The SMILES string of the molecule is COc1cc(NC(=O)CSc2cccc[n+]2[O-])c(C)cc1[N+](=O)[O-]. The number of benzene rings is 1. The zero-order chi connectivity index (χ0) is 17.7. The number of aryl methyl sites for hydroxylation is 1. The maximum absolute atomic E-state index is 12.0. The minimum absolute atomic E-state index is 0.0327. The fourth-order valence-electron chi connectivity index (χ4n) is 1.96. The summed E-state index contributed by atoms with van der Waals surface area (Å²) in [6, 6.07) is 7.67. The maximum Gasteiger partial charge on any atom is 0.311 e. The van der Waals surface area contributed by atoms with E-state index < -0.39 is 4.92 Å². The van der Waals surface area contributed by atoms with Crippen LogP contribution in [0.5, 0.6) is 5.75 Å². The highest BCUT2D eigenvalue weighted by molar-refractivity contribution is 7.99. The quantitative estimate of drug-likeness (QED) is 0.282. The normalized spacial score (nSPS) is 10.2. The van der Waals surface area contributed by atoms with E-state index in [-0.39, 0.29) is 23.1 Å². The van der Waals surface area contributed by atoms with E-state index in [1.807, 2.05) is 0 Å². The number of pyridine rings is 1. The summed E-state index contributed by atoms with van der Waals surface area (Å²) >= 11 is 1.10. The van der Waals surface area contributed by atoms with Crippen LogP contribution in [0, 0.1) is 22.2 Å². The summed E-state index contributed by atoms with van der Waals surface area (Å²) in [7, 11) is 1.32. The predicted molar refractivity (Wildman–Crippen MR) is 89.1 cm³/mol. The van der Waals surface area contributed by atoms with E-state index in [4.69, 9.17) is 4.74 Å². The average Bonchev–Trinajstić information content (AvgIpc) is 2.55. The molecule has 126 valence electrons. The number of thioether (sulfide) groups is 1. The number of nitro benzene ring substituents is 1. The maximum atomic E-state index is 12.0. The van der Waals surface area contributed by atoms with Crippen LogP contribution >= 0.6 is 11.8 Å². The van der Waals surface area contributed by atoms with Crippen molar-refractivity contribution >= 4 is 29.0 Å². The molecule has 0 spiro atoms. The Kier molecular flexibility index (Phi) is 5.59. The molecular formula is C15H15N3O5S. The zero-order valence-electron chi connectivity index (χ0n) is 13.0. The van der Waals surface area contributed by atoms with Crippen LogP contribution in [0.2, 0.25) is 0 Å². The summed E-state index contributed by atoms with van der Waals surface area (Å²) in [5, 5.41) is 25.5. The Morgan fingerprint density at radius 3 is 2.79 bits per heavy atom. The number of ether oxygens (including phenoxy) is 1. The Bertz CT molecular complexity index is 782. The Hall–Kier alpha value is -2.81. The lowest BCUT2D eigenvalue weighted by Gasteiger charge is -2.10. The summed E-state index contributed by atoms with van der Waals surface area (Å²) in [5.74, 6) is -0.234. The van der Waals surface area contributed by atoms with Crippen LogP contribution in [0.25, 0.3) is 0 Å². The Balaban J connectivity index is 2.09.